The molecule has 0 aliphatic carbocycles. The molecule has 5 nitrogen and oxygen atoms in total. The molecule has 1 N–H and O–H groups in total. The standard InChI is InChI=1S/C15H12ClFN2O3/c1-9-6-12(19(21)22)8-13(16)15(9)18-14(20)7-10-2-4-11(17)5-3-10/h2-6,8H,7H2,1H3,(H,18,20). The Bertz CT molecular complexity index is 709. The molecule has 22 heavy (non-hydrogen) atoms. The number of halogens is 2. The third kappa shape index (κ3) is 3.79. The summed E-state index contributed by atoms with van der Waals surface area (Å²) in [6, 6.07) is 8.08. The van der Waals surface area contributed by atoms with Gasteiger partial charge >= 0.3 is 0 Å². The number of benzene rings is 2. The summed E-state index contributed by atoms with van der Waals surface area (Å²) in [4.78, 5) is 22.2. The Morgan fingerprint density at radius 1 is 1.32 bits per heavy atom. The van der Waals surface area contributed by atoms with E-state index in [1.807, 2.05) is 0 Å². The average molecular weight is 323 g/mol. The number of nitro groups is 1. The van der Waals surface area contributed by atoms with Crippen LogP contribution in [0.2, 0.25) is 5.02 Å². The highest BCUT2D eigenvalue weighted by Crippen LogP contribution is 2.30. The minimum Gasteiger partial charge on any atom is -0.324 e. The Kier molecular flexibility index (Phi) is 4.72. The fourth-order valence-corrected chi connectivity index (χ4v) is 2.27. The number of nitrogens with one attached hydrogen (secondary N) is 1. The van der Waals surface area contributed by atoms with E-state index in [1.165, 1.54) is 36.4 Å². The summed E-state index contributed by atoms with van der Waals surface area (Å²) in [6.07, 6.45) is 0.0486. The number of anilines is 1. The quantitative estimate of drug-likeness (QED) is 0.686. The van der Waals surface area contributed by atoms with Crippen LogP contribution < -0.4 is 5.32 Å². The Labute approximate surface area is 130 Å². The number of carbonyl (C=O) groups excluding carboxylic acids is 1. The van der Waals surface area contributed by atoms with Crippen molar-refractivity contribution in [1.29, 1.82) is 0 Å². The maximum atomic E-state index is 12.8. The zero-order chi connectivity index (χ0) is 16.3. The zero-order valence-electron chi connectivity index (χ0n) is 11.6. The van der Waals surface area contributed by atoms with Crippen LogP contribution in [0.3, 0.4) is 0 Å². The Morgan fingerprint density at radius 3 is 2.50 bits per heavy atom. The van der Waals surface area contributed by atoms with Crippen molar-refractivity contribution >= 4 is 28.9 Å². The molecule has 0 saturated heterocycles. The van der Waals surface area contributed by atoms with Crippen LogP contribution in [0.4, 0.5) is 15.8 Å². The first-order chi connectivity index (χ1) is 10.4. The third-order valence-corrected chi connectivity index (χ3v) is 3.32. The van der Waals surface area contributed by atoms with E-state index in [9.17, 15) is 19.3 Å². The lowest BCUT2D eigenvalue weighted by Gasteiger charge is -2.10. The molecule has 1 amide bonds. The van der Waals surface area contributed by atoms with E-state index >= 15 is 0 Å². The molecule has 0 aliphatic rings. The van der Waals surface area contributed by atoms with Crippen LogP contribution in [0.1, 0.15) is 11.1 Å². The van der Waals surface area contributed by atoms with E-state index in [0.717, 1.165) is 0 Å². The van der Waals surface area contributed by atoms with E-state index < -0.39 is 4.92 Å². The van der Waals surface area contributed by atoms with Gasteiger partial charge in [0, 0.05) is 12.1 Å². The van der Waals surface area contributed by atoms with Crippen LogP contribution in [-0.2, 0) is 11.2 Å². The number of hydrogen-bond donors (Lipinski definition) is 1. The molecular formula is C15H12ClFN2O3. The number of hydrogen-bond acceptors (Lipinski definition) is 3. The minimum absolute atomic E-state index is 0.0486. The van der Waals surface area contributed by atoms with Gasteiger partial charge in [0.1, 0.15) is 5.82 Å². The van der Waals surface area contributed by atoms with Gasteiger partial charge in [0.2, 0.25) is 5.91 Å². The molecule has 7 heteroatoms. The molecule has 0 heterocycles. The number of nitrogens with zero attached hydrogens (tertiary/aromatic N) is 1. The van der Waals surface area contributed by atoms with Crippen molar-refractivity contribution < 1.29 is 14.1 Å². The van der Waals surface area contributed by atoms with Crippen molar-refractivity contribution in [2.75, 3.05) is 5.32 Å². The molecule has 0 aliphatic heterocycles. The fourth-order valence-electron chi connectivity index (χ4n) is 1.96. The molecule has 2 aromatic rings. The summed E-state index contributed by atoms with van der Waals surface area (Å²) in [7, 11) is 0. The Balaban J connectivity index is 2.14. The lowest BCUT2D eigenvalue weighted by Crippen LogP contribution is -2.15. The highest BCUT2D eigenvalue weighted by Gasteiger charge is 2.15. The predicted molar refractivity (Wildman–Crippen MR) is 81.6 cm³/mol. The van der Waals surface area contributed by atoms with Crippen molar-refractivity contribution in [3.63, 3.8) is 0 Å². The summed E-state index contributed by atoms with van der Waals surface area (Å²) in [5, 5.41) is 13.5. The summed E-state index contributed by atoms with van der Waals surface area (Å²) in [5.41, 5.74) is 1.33. The van der Waals surface area contributed by atoms with Gasteiger partial charge in [-0.3, -0.25) is 14.9 Å². The van der Waals surface area contributed by atoms with E-state index in [4.69, 9.17) is 11.6 Å². The first-order valence-electron chi connectivity index (χ1n) is 6.35. The van der Waals surface area contributed by atoms with Crippen LogP contribution >= 0.6 is 11.6 Å². The van der Waals surface area contributed by atoms with E-state index in [1.54, 1.807) is 6.92 Å². The third-order valence-electron chi connectivity index (χ3n) is 3.03. The fraction of sp³-hybridized carbons (Fsp3) is 0.133. The molecule has 0 fully saturated rings. The first-order valence-corrected chi connectivity index (χ1v) is 6.73. The molecule has 0 unspecified atom stereocenters. The molecule has 2 aromatic carbocycles. The van der Waals surface area contributed by atoms with Gasteiger partial charge in [0.25, 0.3) is 5.69 Å². The summed E-state index contributed by atoms with van der Waals surface area (Å²) < 4.78 is 12.8. The SMILES string of the molecule is Cc1cc([N+](=O)[O-])cc(Cl)c1NC(=O)Cc1ccc(F)cc1. The highest BCUT2D eigenvalue weighted by molar-refractivity contribution is 6.34. The number of nitro benzene ring substituents is 1. The normalized spacial score (nSPS) is 10.3. The lowest BCUT2D eigenvalue weighted by atomic mass is 10.1. The van der Waals surface area contributed by atoms with Crippen LogP contribution in [0.25, 0.3) is 0 Å². The molecule has 114 valence electrons. The summed E-state index contributed by atoms with van der Waals surface area (Å²) in [6.45, 7) is 1.62. The number of amides is 1. The van der Waals surface area contributed by atoms with E-state index in [0.29, 0.717) is 16.8 Å². The molecule has 0 atom stereocenters. The Morgan fingerprint density at radius 2 is 1.95 bits per heavy atom. The maximum absolute atomic E-state index is 12.8. The predicted octanol–water partition coefficient (Wildman–Crippen LogP) is 3.88. The smallest absolute Gasteiger partial charge is 0.271 e. The molecule has 0 aromatic heterocycles. The topological polar surface area (TPSA) is 72.2 Å². The molecule has 0 saturated carbocycles. The van der Waals surface area contributed by atoms with Crippen LogP contribution in [0, 0.1) is 22.9 Å². The van der Waals surface area contributed by atoms with Gasteiger partial charge in [-0.25, -0.2) is 4.39 Å². The van der Waals surface area contributed by atoms with Gasteiger partial charge in [0.15, 0.2) is 0 Å². The second-order valence-electron chi connectivity index (χ2n) is 4.73. The van der Waals surface area contributed by atoms with Crippen molar-refractivity contribution in [3.8, 4) is 0 Å². The van der Waals surface area contributed by atoms with Gasteiger partial charge in [0.05, 0.1) is 22.1 Å². The molecule has 0 spiro atoms. The summed E-state index contributed by atoms with van der Waals surface area (Å²) in [5.74, 6) is -0.719. The van der Waals surface area contributed by atoms with Crippen LogP contribution in [0.15, 0.2) is 36.4 Å². The van der Waals surface area contributed by atoms with Gasteiger partial charge in [-0.05, 0) is 30.2 Å². The highest BCUT2D eigenvalue weighted by atomic mass is 35.5. The van der Waals surface area contributed by atoms with Gasteiger partial charge in [-0.15, -0.1) is 0 Å². The van der Waals surface area contributed by atoms with Gasteiger partial charge < -0.3 is 5.32 Å². The second-order valence-corrected chi connectivity index (χ2v) is 5.14. The van der Waals surface area contributed by atoms with E-state index in [-0.39, 0.29) is 28.9 Å². The maximum Gasteiger partial charge on any atom is 0.271 e. The lowest BCUT2D eigenvalue weighted by molar-refractivity contribution is -0.384. The largest absolute Gasteiger partial charge is 0.324 e. The van der Waals surface area contributed by atoms with Crippen molar-refractivity contribution in [2.45, 2.75) is 13.3 Å². The van der Waals surface area contributed by atoms with Crippen LogP contribution in [-0.4, -0.2) is 10.8 Å². The van der Waals surface area contributed by atoms with Crippen molar-refractivity contribution in [1.82, 2.24) is 0 Å². The van der Waals surface area contributed by atoms with Gasteiger partial charge in [-0.1, -0.05) is 23.7 Å². The first kappa shape index (κ1) is 15.9. The molecular weight excluding hydrogens is 311 g/mol. The molecule has 0 bridgehead atoms. The van der Waals surface area contributed by atoms with Crippen LogP contribution in [0.5, 0.6) is 0 Å². The zero-order valence-corrected chi connectivity index (χ0v) is 12.4. The average Bonchev–Trinajstić information content (AvgIpc) is 2.45. The molecule has 0 radical (unpaired) electrons. The minimum atomic E-state index is -0.553. The van der Waals surface area contributed by atoms with Crippen molar-refractivity contribution in [3.05, 3.63) is 68.5 Å². The second kappa shape index (κ2) is 6.53. The monoisotopic (exact) mass is 322 g/mol. The number of non-ortho nitro benzene ring substituents is 1. The number of rotatable bonds is 4. The van der Waals surface area contributed by atoms with Gasteiger partial charge in [-0.2, -0.15) is 0 Å². The molecule has 2 rings (SSSR count). The van der Waals surface area contributed by atoms with Crippen molar-refractivity contribution in [2.24, 2.45) is 0 Å². The number of aryl methyl sites for hydroxylation is 1. The van der Waals surface area contributed by atoms with E-state index in [2.05, 4.69) is 5.32 Å². The number of carbonyl (C=O) groups is 1. The Hall–Kier alpha value is -2.47. The summed E-state index contributed by atoms with van der Waals surface area (Å²) >= 11 is 5.98.